The molecule has 0 saturated heterocycles. The van der Waals surface area contributed by atoms with Crippen molar-refractivity contribution in [3.8, 4) is 0 Å². The first kappa shape index (κ1) is 22.3. The normalized spacial score (nSPS) is 13.2. The van der Waals surface area contributed by atoms with Gasteiger partial charge in [0.1, 0.15) is 11.7 Å². The summed E-state index contributed by atoms with van der Waals surface area (Å²) in [5, 5.41) is 26.6. The van der Waals surface area contributed by atoms with Gasteiger partial charge in [0.15, 0.2) is 5.82 Å². The van der Waals surface area contributed by atoms with Gasteiger partial charge in [0, 0.05) is 29.8 Å². The van der Waals surface area contributed by atoms with Gasteiger partial charge in [0.2, 0.25) is 5.95 Å². The minimum Gasteiger partial charge on any atom is -0.481 e. The number of carboxylic acids is 2. The van der Waals surface area contributed by atoms with Crippen molar-refractivity contribution < 1.29 is 24.6 Å². The fourth-order valence-corrected chi connectivity index (χ4v) is 3.08. The lowest BCUT2D eigenvalue weighted by atomic mass is 10.1. The molecule has 0 fully saturated rings. The molecule has 2 aromatic rings. The third kappa shape index (κ3) is 5.62. The zero-order chi connectivity index (χ0) is 23.3. The maximum absolute atomic E-state index is 12.3. The van der Waals surface area contributed by atoms with Crippen molar-refractivity contribution in [3.05, 3.63) is 47.3 Å². The van der Waals surface area contributed by atoms with Crippen LogP contribution in [0, 0.1) is 0 Å². The summed E-state index contributed by atoms with van der Waals surface area (Å²) in [4.78, 5) is 42.3. The van der Waals surface area contributed by atoms with Crippen molar-refractivity contribution in [1.29, 1.82) is 0 Å². The molecule has 1 aromatic heterocycles. The van der Waals surface area contributed by atoms with Crippen molar-refractivity contribution in [1.82, 2.24) is 15.3 Å². The van der Waals surface area contributed by atoms with E-state index in [2.05, 4.69) is 25.9 Å². The first-order valence-corrected chi connectivity index (χ1v) is 9.70. The highest BCUT2D eigenvalue weighted by Gasteiger charge is 2.21. The lowest BCUT2D eigenvalue weighted by molar-refractivity contribution is -0.140. The number of allylic oxidation sites excluding steroid dienone is 1. The van der Waals surface area contributed by atoms with Crippen molar-refractivity contribution in [2.75, 3.05) is 28.6 Å². The largest absolute Gasteiger partial charge is 0.481 e. The first-order chi connectivity index (χ1) is 15.2. The summed E-state index contributed by atoms with van der Waals surface area (Å²) in [7, 11) is 0. The standard InChI is InChI=1S/C20H23N7O5/c21-17-16-13(26-20(22)27-17)6-5-12(24-16)9-23-11-3-1-10(2-4-11)18(30)25-14(19(31)32)7-8-15(28)29/h1-5,14,23-24H,6-9H2,(H,25,30)(H,28,29)(H,31,32)(H4,21,22,26,27). The van der Waals surface area contributed by atoms with Crippen molar-refractivity contribution in [2.45, 2.75) is 25.3 Å². The van der Waals surface area contributed by atoms with E-state index in [1.807, 2.05) is 6.08 Å². The number of carbonyl (C=O) groups is 3. The molecule has 1 unspecified atom stereocenters. The third-order valence-electron chi connectivity index (χ3n) is 4.74. The zero-order valence-corrected chi connectivity index (χ0v) is 17.0. The Balaban J connectivity index is 1.55. The molecule has 1 aromatic carbocycles. The molecule has 0 aliphatic carbocycles. The third-order valence-corrected chi connectivity index (χ3v) is 4.74. The molecule has 0 radical (unpaired) electrons. The van der Waals surface area contributed by atoms with Gasteiger partial charge in [-0.15, -0.1) is 0 Å². The molecule has 2 heterocycles. The van der Waals surface area contributed by atoms with Gasteiger partial charge in [-0.05, 0) is 30.7 Å². The SMILES string of the molecule is Nc1nc(N)c2c(n1)CC=C(CNc1ccc(C(=O)NC(CCC(=O)O)C(=O)O)cc1)N2. The Morgan fingerprint density at radius 1 is 1.12 bits per heavy atom. The fourth-order valence-electron chi connectivity index (χ4n) is 3.08. The Labute approximate surface area is 182 Å². The van der Waals surface area contributed by atoms with Crippen LogP contribution in [0.15, 0.2) is 36.0 Å². The quantitative estimate of drug-likeness (QED) is 0.287. The van der Waals surface area contributed by atoms with E-state index >= 15 is 0 Å². The molecule has 1 amide bonds. The Bertz CT molecular complexity index is 1070. The second kappa shape index (κ2) is 9.64. The number of benzene rings is 1. The average Bonchev–Trinajstić information content (AvgIpc) is 2.75. The number of aromatic nitrogens is 2. The lowest BCUT2D eigenvalue weighted by Gasteiger charge is -2.20. The van der Waals surface area contributed by atoms with E-state index in [9.17, 15) is 14.4 Å². The minimum absolute atomic E-state index is 0.124. The topological polar surface area (TPSA) is 206 Å². The van der Waals surface area contributed by atoms with Gasteiger partial charge in [0.05, 0.1) is 12.2 Å². The molecule has 12 heteroatoms. The predicted molar refractivity (Wildman–Crippen MR) is 117 cm³/mol. The zero-order valence-electron chi connectivity index (χ0n) is 17.0. The monoisotopic (exact) mass is 441 g/mol. The van der Waals surface area contributed by atoms with Gasteiger partial charge in [-0.3, -0.25) is 9.59 Å². The Hall–Kier alpha value is -4.35. The molecule has 0 spiro atoms. The van der Waals surface area contributed by atoms with E-state index in [0.29, 0.717) is 18.7 Å². The Morgan fingerprint density at radius 3 is 2.50 bits per heavy atom. The van der Waals surface area contributed by atoms with Gasteiger partial charge in [-0.2, -0.15) is 4.98 Å². The number of hydrogen-bond donors (Lipinski definition) is 7. The van der Waals surface area contributed by atoms with Gasteiger partial charge in [-0.25, -0.2) is 9.78 Å². The van der Waals surface area contributed by atoms with E-state index in [4.69, 9.17) is 21.7 Å². The molecule has 12 nitrogen and oxygen atoms in total. The number of carbonyl (C=O) groups excluding carboxylic acids is 1. The Morgan fingerprint density at radius 2 is 1.84 bits per heavy atom. The van der Waals surface area contributed by atoms with Crippen LogP contribution in [-0.2, 0) is 16.0 Å². The number of nitrogens with one attached hydrogen (secondary N) is 3. The van der Waals surface area contributed by atoms with E-state index in [-0.39, 0.29) is 30.2 Å². The number of rotatable bonds is 9. The second-order valence-electron chi connectivity index (χ2n) is 7.07. The fraction of sp³-hybridized carbons (Fsp3) is 0.250. The van der Waals surface area contributed by atoms with E-state index in [1.54, 1.807) is 24.3 Å². The van der Waals surface area contributed by atoms with Crippen LogP contribution in [0.5, 0.6) is 0 Å². The number of nitrogen functional groups attached to an aromatic ring is 2. The van der Waals surface area contributed by atoms with Gasteiger partial charge < -0.3 is 37.6 Å². The summed E-state index contributed by atoms with van der Waals surface area (Å²) in [6.45, 7) is 0.449. The van der Waals surface area contributed by atoms with Crippen LogP contribution in [0.25, 0.3) is 0 Å². The van der Waals surface area contributed by atoms with Gasteiger partial charge in [-0.1, -0.05) is 6.08 Å². The number of anilines is 4. The van der Waals surface area contributed by atoms with Crippen molar-refractivity contribution >= 4 is 41.0 Å². The lowest BCUT2D eigenvalue weighted by Crippen LogP contribution is -2.41. The molecule has 0 bridgehead atoms. The summed E-state index contributed by atoms with van der Waals surface area (Å²) in [5.41, 5.74) is 14.7. The number of carboxylic acid groups (broad SMARTS) is 2. The molecule has 0 saturated carbocycles. The molecule has 1 aliphatic heterocycles. The number of aliphatic carboxylic acids is 2. The summed E-state index contributed by atoms with van der Waals surface area (Å²) in [6, 6.07) is 5.16. The number of amides is 1. The maximum Gasteiger partial charge on any atom is 0.326 e. The Kier molecular flexibility index (Phi) is 6.73. The average molecular weight is 441 g/mol. The predicted octanol–water partition coefficient (Wildman–Crippen LogP) is 0.653. The van der Waals surface area contributed by atoms with Crippen LogP contribution in [0.1, 0.15) is 28.9 Å². The molecule has 1 aliphatic rings. The number of fused-ring (bicyclic) bond motifs is 1. The molecule has 9 N–H and O–H groups in total. The van der Waals surface area contributed by atoms with E-state index in [1.165, 1.54) is 0 Å². The summed E-state index contributed by atoms with van der Waals surface area (Å²) in [5.74, 6) is -2.62. The minimum atomic E-state index is -1.29. The number of nitrogens with two attached hydrogens (primary N) is 2. The molecular weight excluding hydrogens is 418 g/mol. The van der Waals surface area contributed by atoms with Crippen LogP contribution in [0.2, 0.25) is 0 Å². The highest BCUT2D eigenvalue weighted by Crippen LogP contribution is 2.27. The van der Waals surface area contributed by atoms with E-state index in [0.717, 1.165) is 17.1 Å². The number of nitrogens with zero attached hydrogens (tertiary/aromatic N) is 2. The van der Waals surface area contributed by atoms with Crippen LogP contribution < -0.4 is 27.4 Å². The first-order valence-electron chi connectivity index (χ1n) is 9.70. The number of hydrogen-bond acceptors (Lipinski definition) is 9. The molecule has 168 valence electrons. The smallest absolute Gasteiger partial charge is 0.326 e. The van der Waals surface area contributed by atoms with E-state index < -0.39 is 23.9 Å². The summed E-state index contributed by atoms with van der Waals surface area (Å²) in [6.07, 6.45) is 1.94. The second-order valence-corrected chi connectivity index (χ2v) is 7.07. The maximum atomic E-state index is 12.3. The van der Waals surface area contributed by atoms with Crippen LogP contribution in [0.4, 0.5) is 23.1 Å². The van der Waals surface area contributed by atoms with Gasteiger partial charge >= 0.3 is 11.9 Å². The summed E-state index contributed by atoms with van der Waals surface area (Å²) >= 11 is 0. The van der Waals surface area contributed by atoms with Crippen LogP contribution in [-0.4, -0.2) is 50.6 Å². The highest BCUT2D eigenvalue weighted by molar-refractivity contribution is 5.97. The van der Waals surface area contributed by atoms with Gasteiger partial charge in [0.25, 0.3) is 5.91 Å². The van der Waals surface area contributed by atoms with Crippen molar-refractivity contribution in [2.24, 2.45) is 0 Å². The molecular formula is C20H23N7O5. The van der Waals surface area contributed by atoms with Crippen molar-refractivity contribution in [3.63, 3.8) is 0 Å². The summed E-state index contributed by atoms with van der Waals surface area (Å²) < 4.78 is 0. The highest BCUT2D eigenvalue weighted by atomic mass is 16.4. The molecule has 3 rings (SSSR count). The van der Waals surface area contributed by atoms with Crippen LogP contribution in [0.3, 0.4) is 0 Å². The molecule has 1 atom stereocenters. The van der Waals surface area contributed by atoms with Crippen LogP contribution >= 0.6 is 0 Å². The molecule has 32 heavy (non-hydrogen) atoms.